The lowest BCUT2D eigenvalue weighted by molar-refractivity contribution is -0.130. The van der Waals surface area contributed by atoms with Gasteiger partial charge in [0.2, 0.25) is 5.91 Å². The van der Waals surface area contributed by atoms with E-state index in [1.807, 2.05) is 37.4 Å². The summed E-state index contributed by atoms with van der Waals surface area (Å²) >= 11 is 0. The van der Waals surface area contributed by atoms with Crippen molar-refractivity contribution in [1.82, 2.24) is 15.1 Å². The normalized spacial score (nSPS) is 22.4. The van der Waals surface area contributed by atoms with Gasteiger partial charge in [-0.25, -0.2) is 0 Å². The molecule has 2 saturated heterocycles. The zero-order valence-electron chi connectivity index (χ0n) is 16.6. The molecule has 2 aliphatic heterocycles. The number of aliphatic imine (C=N–C) groups is 1. The molecule has 0 aliphatic carbocycles. The first kappa shape index (κ1) is 19.7. The molecular weight excluding hydrogens is 340 g/mol. The van der Waals surface area contributed by atoms with Crippen LogP contribution in [0, 0.1) is 5.41 Å². The van der Waals surface area contributed by atoms with Crippen LogP contribution in [0.3, 0.4) is 0 Å². The minimum Gasteiger partial charge on any atom is -0.381 e. The van der Waals surface area contributed by atoms with Crippen molar-refractivity contribution in [3.8, 4) is 0 Å². The number of ether oxygens (including phenoxy) is 1. The molecule has 6 heteroatoms. The van der Waals surface area contributed by atoms with Crippen molar-refractivity contribution < 1.29 is 9.53 Å². The minimum absolute atomic E-state index is 0.125. The molecule has 2 heterocycles. The van der Waals surface area contributed by atoms with Gasteiger partial charge < -0.3 is 19.9 Å². The van der Waals surface area contributed by atoms with Crippen LogP contribution in [0.5, 0.6) is 0 Å². The quantitative estimate of drug-likeness (QED) is 0.614. The van der Waals surface area contributed by atoms with Gasteiger partial charge in [-0.2, -0.15) is 0 Å². The molecule has 1 unspecified atom stereocenters. The third-order valence-electron chi connectivity index (χ3n) is 5.53. The van der Waals surface area contributed by atoms with Crippen LogP contribution in [0.25, 0.3) is 0 Å². The monoisotopic (exact) mass is 372 g/mol. The fourth-order valence-corrected chi connectivity index (χ4v) is 3.91. The van der Waals surface area contributed by atoms with Gasteiger partial charge in [-0.15, -0.1) is 0 Å². The van der Waals surface area contributed by atoms with Crippen molar-refractivity contribution in [2.45, 2.75) is 32.7 Å². The van der Waals surface area contributed by atoms with E-state index in [1.165, 1.54) is 0 Å². The van der Waals surface area contributed by atoms with Crippen LogP contribution in [0.2, 0.25) is 0 Å². The van der Waals surface area contributed by atoms with Crippen LogP contribution in [-0.4, -0.2) is 68.1 Å². The average molecular weight is 373 g/mol. The fourth-order valence-electron chi connectivity index (χ4n) is 3.91. The first-order valence-electron chi connectivity index (χ1n) is 10.0. The summed E-state index contributed by atoms with van der Waals surface area (Å²) in [7, 11) is 1.86. The van der Waals surface area contributed by atoms with E-state index in [2.05, 4.69) is 17.1 Å². The number of amides is 1. The van der Waals surface area contributed by atoms with E-state index >= 15 is 0 Å². The molecule has 1 aromatic carbocycles. The van der Waals surface area contributed by atoms with E-state index < -0.39 is 0 Å². The minimum atomic E-state index is 0.125. The van der Waals surface area contributed by atoms with Crippen molar-refractivity contribution in [3.63, 3.8) is 0 Å². The molecule has 0 radical (unpaired) electrons. The summed E-state index contributed by atoms with van der Waals surface area (Å²) in [5.41, 5.74) is 1.45. The maximum Gasteiger partial charge on any atom is 0.224 e. The molecule has 3 rings (SSSR count). The van der Waals surface area contributed by atoms with Gasteiger partial charge >= 0.3 is 0 Å². The zero-order valence-corrected chi connectivity index (χ0v) is 16.6. The van der Waals surface area contributed by atoms with Gasteiger partial charge in [0.05, 0.1) is 13.2 Å². The Labute approximate surface area is 162 Å². The Kier molecular flexibility index (Phi) is 6.72. The highest BCUT2D eigenvalue weighted by molar-refractivity contribution is 5.81. The molecule has 0 bridgehead atoms. The number of nitrogens with one attached hydrogen (secondary N) is 1. The summed E-state index contributed by atoms with van der Waals surface area (Å²) in [4.78, 5) is 21.2. The number of hydrogen-bond donors (Lipinski definition) is 1. The van der Waals surface area contributed by atoms with Gasteiger partial charge in [-0.05, 0) is 25.3 Å². The number of benzene rings is 1. The molecule has 0 aromatic heterocycles. The Morgan fingerprint density at radius 2 is 2.15 bits per heavy atom. The Morgan fingerprint density at radius 1 is 1.33 bits per heavy atom. The Bertz CT molecular complexity index is 641. The highest BCUT2D eigenvalue weighted by atomic mass is 16.5. The smallest absolute Gasteiger partial charge is 0.224 e. The van der Waals surface area contributed by atoms with Crippen LogP contribution >= 0.6 is 0 Å². The first-order valence-corrected chi connectivity index (χ1v) is 10.0. The van der Waals surface area contributed by atoms with Gasteiger partial charge in [-0.3, -0.25) is 9.79 Å². The number of rotatable bonds is 6. The van der Waals surface area contributed by atoms with Crippen molar-refractivity contribution >= 4 is 11.9 Å². The Morgan fingerprint density at radius 3 is 2.85 bits per heavy atom. The van der Waals surface area contributed by atoms with E-state index in [4.69, 9.17) is 9.73 Å². The van der Waals surface area contributed by atoms with Gasteiger partial charge in [0.15, 0.2) is 5.96 Å². The van der Waals surface area contributed by atoms with Gasteiger partial charge in [0.1, 0.15) is 0 Å². The summed E-state index contributed by atoms with van der Waals surface area (Å²) < 4.78 is 5.62. The topological polar surface area (TPSA) is 57.2 Å². The van der Waals surface area contributed by atoms with E-state index in [-0.39, 0.29) is 5.91 Å². The summed E-state index contributed by atoms with van der Waals surface area (Å²) in [6, 6.07) is 10.1. The lowest BCUT2D eigenvalue weighted by Gasteiger charge is -2.25. The first-order chi connectivity index (χ1) is 13.1. The molecule has 0 saturated carbocycles. The third-order valence-corrected chi connectivity index (χ3v) is 5.53. The number of nitrogens with zero attached hydrogens (tertiary/aromatic N) is 3. The Hall–Kier alpha value is -2.08. The molecule has 2 aliphatic rings. The number of carbonyl (C=O) groups excluding carboxylic acids is 1. The lowest BCUT2D eigenvalue weighted by Crippen LogP contribution is -2.41. The molecular formula is C21H32N4O2. The average Bonchev–Trinajstić information content (AvgIpc) is 3.31. The maximum absolute atomic E-state index is 12.4. The second-order valence-corrected chi connectivity index (χ2v) is 7.70. The fraction of sp³-hybridized carbons (Fsp3) is 0.619. The van der Waals surface area contributed by atoms with Crippen LogP contribution in [0.1, 0.15) is 31.7 Å². The molecule has 1 spiro atoms. The number of hydrogen-bond acceptors (Lipinski definition) is 3. The second kappa shape index (κ2) is 9.22. The van der Waals surface area contributed by atoms with Crippen molar-refractivity contribution in [3.05, 3.63) is 35.9 Å². The van der Waals surface area contributed by atoms with Crippen LogP contribution in [0.15, 0.2) is 35.3 Å². The standard InChI is InChI=1S/C21H32N4O2/c1-3-22-20(25-13-10-21(16-25)11-14-27-17-21)23-12-9-19(26)24(2)15-18-7-5-4-6-8-18/h4-8H,3,9-17H2,1-2H3,(H,22,23). The van der Waals surface area contributed by atoms with E-state index in [0.717, 1.165) is 57.2 Å². The van der Waals surface area contributed by atoms with E-state index in [1.54, 1.807) is 4.90 Å². The molecule has 6 nitrogen and oxygen atoms in total. The predicted molar refractivity (Wildman–Crippen MR) is 108 cm³/mol. The van der Waals surface area contributed by atoms with Crippen LogP contribution < -0.4 is 5.32 Å². The maximum atomic E-state index is 12.4. The highest BCUT2D eigenvalue weighted by Crippen LogP contribution is 2.38. The molecule has 2 fully saturated rings. The molecule has 1 N–H and O–H groups in total. The Balaban J connectivity index is 1.50. The molecule has 1 atom stereocenters. The lowest BCUT2D eigenvalue weighted by atomic mass is 9.87. The summed E-state index contributed by atoms with van der Waals surface area (Å²) in [6.45, 7) is 7.82. The molecule has 27 heavy (non-hydrogen) atoms. The van der Waals surface area contributed by atoms with Crippen molar-refractivity contribution in [2.75, 3.05) is 46.4 Å². The third kappa shape index (κ3) is 5.22. The predicted octanol–water partition coefficient (Wildman–Crippen LogP) is 2.11. The van der Waals surface area contributed by atoms with Crippen molar-refractivity contribution in [2.24, 2.45) is 10.4 Å². The number of carbonyl (C=O) groups is 1. The number of likely N-dealkylation sites (tertiary alicyclic amines) is 1. The number of guanidine groups is 1. The SMILES string of the molecule is CCNC(=NCCC(=O)N(C)Cc1ccccc1)N1CCC2(CCOC2)C1. The van der Waals surface area contributed by atoms with Gasteiger partial charge in [-0.1, -0.05) is 30.3 Å². The summed E-state index contributed by atoms with van der Waals surface area (Å²) in [6.07, 6.45) is 2.74. The van der Waals surface area contributed by atoms with E-state index in [9.17, 15) is 4.79 Å². The van der Waals surface area contributed by atoms with Gasteiger partial charge in [0, 0.05) is 51.7 Å². The summed E-state index contributed by atoms with van der Waals surface area (Å²) in [5, 5.41) is 3.38. The van der Waals surface area contributed by atoms with E-state index in [0.29, 0.717) is 24.9 Å². The zero-order chi connectivity index (χ0) is 19.1. The van der Waals surface area contributed by atoms with Crippen LogP contribution in [-0.2, 0) is 16.1 Å². The largest absolute Gasteiger partial charge is 0.381 e. The second-order valence-electron chi connectivity index (χ2n) is 7.70. The molecule has 1 amide bonds. The van der Waals surface area contributed by atoms with Crippen LogP contribution in [0.4, 0.5) is 0 Å². The van der Waals surface area contributed by atoms with Gasteiger partial charge in [0.25, 0.3) is 0 Å². The summed E-state index contributed by atoms with van der Waals surface area (Å²) in [5.74, 6) is 1.06. The molecule has 148 valence electrons. The highest BCUT2D eigenvalue weighted by Gasteiger charge is 2.42. The molecule has 1 aromatic rings. The van der Waals surface area contributed by atoms with Crippen molar-refractivity contribution in [1.29, 1.82) is 0 Å².